The van der Waals surface area contributed by atoms with E-state index in [9.17, 15) is 9.59 Å². The molecule has 2 aliphatic heterocycles. The highest BCUT2D eigenvalue weighted by Gasteiger charge is 2.43. The van der Waals surface area contributed by atoms with Crippen LogP contribution in [0.25, 0.3) is 0 Å². The van der Waals surface area contributed by atoms with E-state index < -0.39 is 0 Å². The number of hydrogen-bond acceptors (Lipinski definition) is 3. The molecular weight excluding hydrogens is 328 g/mol. The molecule has 2 amide bonds. The van der Waals surface area contributed by atoms with Crippen molar-refractivity contribution in [2.45, 2.75) is 63.0 Å². The molecule has 140 valence electrons. The molecule has 1 aliphatic carbocycles. The fourth-order valence-electron chi connectivity index (χ4n) is 4.68. The number of ether oxygens (including phenoxy) is 1. The molecule has 1 saturated carbocycles. The number of hydrogen-bond donors (Lipinski definition) is 1. The lowest BCUT2D eigenvalue weighted by Crippen LogP contribution is -2.46. The smallest absolute Gasteiger partial charge is 0.223 e. The summed E-state index contributed by atoms with van der Waals surface area (Å²) < 4.78 is 6.44. The van der Waals surface area contributed by atoms with E-state index in [0.29, 0.717) is 19.4 Å². The van der Waals surface area contributed by atoms with Gasteiger partial charge in [-0.3, -0.25) is 9.59 Å². The van der Waals surface area contributed by atoms with E-state index in [1.165, 1.54) is 0 Å². The molecule has 0 bridgehead atoms. The minimum Gasteiger partial charge on any atom is -0.487 e. The third kappa shape index (κ3) is 3.31. The highest BCUT2D eigenvalue weighted by Crippen LogP contribution is 2.44. The number of carbonyl (C=O) groups is 2. The van der Waals surface area contributed by atoms with Crippen molar-refractivity contribution in [3.63, 3.8) is 0 Å². The van der Waals surface area contributed by atoms with E-state index in [2.05, 4.69) is 11.4 Å². The Morgan fingerprint density at radius 3 is 2.81 bits per heavy atom. The summed E-state index contributed by atoms with van der Waals surface area (Å²) >= 11 is 0. The van der Waals surface area contributed by atoms with Gasteiger partial charge in [-0.15, -0.1) is 0 Å². The fraction of sp³-hybridized carbons (Fsp3) is 0.619. The van der Waals surface area contributed by atoms with Crippen LogP contribution in [0.2, 0.25) is 0 Å². The van der Waals surface area contributed by atoms with E-state index in [0.717, 1.165) is 49.8 Å². The fourth-order valence-corrected chi connectivity index (χ4v) is 4.68. The van der Waals surface area contributed by atoms with Gasteiger partial charge in [0.05, 0.1) is 6.04 Å². The molecule has 0 unspecified atom stereocenters. The number of para-hydroxylation sites is 1. The predicted octanol–water partition coefficient (Wildman–Crippen LogP) is 3.20. The summed E-state index contributed by atoms with van der Waals surface area (Å²) in [5, 5.41) is 3.31. The van der Waals surface area contributed by atoms with Crippen LogP contribution in [-0.4, -0.2) is 35.9 Å². The Labute approximate surface area is 155 Å². The van der Waals surface area contributed by atoms with Gasteiger partial charge in [0.2, 0.25) is 11.8 Å². The minimum absolute atomic E-state index is 0.0356. The van der Waals surface area contributed by atoms with Crippen LogP contribution in [0.1, 0.15) is 63.0 Å². The summed E-state index contributed by atoms with van der Waals surface area (Å²) in [6.07, 6.45) is 7.06. The zero-order valence-corrected chi connectivity index (χ0v) is 15.5. The second kappa shape index (κ2) is 6.93. The zero-order valence-electron chi connectivity index (χ0n) is 15.5. The number of nitrogens with one attached hydrogen (secondary N) is 1. The molecule has 2 atom stereocenters. The summed E-state index contributed by atoms with van der Waals surface area (Å²) in [5.41, 5.74) is 0.691. The van der Waals surface area contributed by atoms with E-state index in [-0.39, 0.29) is 29.4 Å². The van der Waals surface area contributed by atoms with Crippen molar-refractivity contribution in [1.29, 1.82) is 0 Å². The van der Waals surface area contributed by atoms with Gasteiger partial charge in [-0.2, -0.15) is 0 Å². The first-order valence-electron chi connectivity index (χ1n) is 9.89. The van der Waals surface area contributed by atoms with E-state index in [1.807, 2.05) is 25.2 Å². The Hall–Kier alpha value is -2.04. The van der Waals surface area contributed by atoms with Crippen molar-refractivity contribution in [1.82, 2.24) is 10.2 Å². The molecule has 5 heteroatoms. The van der Waals surface area contributed by atoms with E-state index >= 15 is 0 Å². The first-order chi connectivity index (χ1) is 12.6. The maximum atomic E-state index is 12.8. The van der Waals surface area contributed by atoms with Gasteiger partial charge in [0.25, 0.3) is 0 Å². The number of likely N-dealkylation sites (tertiary alicyclic amines) is 1. The number of carbonyl (C=O) groups excluding carboxylic acids is 2. The molecule has 4 rings (SSSR count). The Balaban J connectivity index is 1.58. The Morgan fingerprint density at radius 2 is 2.00 bits per heavy atom. The summed E-state index contributed by atoms with van der Waals surface area (Å²) in [7, 11) is 1.86. The van der Waals surface area contributed by atoms with Crippen LogP contribution in [0.3, 0.4) is 0 Å². The van der Waals surface area contributed by atoms with Crippen LogP contribution in [0.5, 0.6) is 5.75 Å². The van der Waals surface area contributed by atoms with Gasteiger partial charge in [0, 0.05) is 44.3 Å². The van der Waals surface area contributed by atoms with Crippen LogP contribution in [-0.2, 0) is 9.59 Å². The van der Waals surface area contributed by atoms with E-state index in [1.54, 1.807) is 4.90 Å². The van der Waals surface area contributed by atoms with Crippen molar-refractivity contribution in [3.8, 4) is 5.75 Å². The molecule has 3 aliphatic rings. The molecule has 2 heterocycles. The molecule has 1 aromatic carbocycles. The molecule has 1 N–H and O–H groups in total. The molecule has 0 radical (unpaired) electrons. The normalized spacial score (nSPS) is 29.2. The van der Waals surface area contributed by atoms with Gasteiger partial charge in [0.15, 0.2) is 0 Å². The number of benzene rings is 1. The third-order valence-electron chi connectivity index (χ3n) is 6.36. The maximum Gasteiger partial charge on any atom is 0.223 e. The molecule has 1 aromatic rings. The lowest BCUT2D eigenvalue weighted by molar-refractivity contribution is -0.129. The van der Waals surface area contributed by atoms with Gasteiger partial charge in [-0.05, 0) is 25.3 Å². The summed E-state index contributed by atoms with van der Waals surface area (Å²) in [6.45, 7) is 0.699. The number of nitrogens with zero attached hydrogens (tertiary/aromatic N) is 1. The Morgan fingerprint density at radius 1 is 1.23 bits per heavy atom. The average Bonchev–Trinajstić information content (AvgIpc) is 3.15. The Bertz CT molecular complexity index is 698. The molecule has 1 saturated heterocycles. The first-order valence-corrected chi connectivity index (χ1v) is 9.89. The third-order valence-corrected chi connectivity index (χ3v) is 6.36. The topological polar surface area (TPSA) is 58.6 Å². The van der Waals surface area contributed by atoms with Crippen LogP contribution < -0.4 is 10.1 Å². The average molecular weight is 356 g/mol. The lowest BCUT2D eigenvalue weighted by atomic mass is 9.82. The van der Waals surface area contributed by atoms with Gasteiger partial charge < -0.3 is 15.0 Å². The van der Waals surface area contributed by atoms with Gasteiger partial charge >= 0.3 is 0 Å². The lowest BCUT2D eigenvalue weighted by Gasteiger charge is -2.42. The summed E-state index contributed by atoms with van der Waals surface area (Å²) in [6, 6.07) is 7.98. The van der Waals surface area contributed by atoms with Crippen molar-refractivity contribution >= 4 is 11.8 Å². The predicted molar refractivity (Wildman–Crippen MR) is 98.7 cm³/mol. The van der Waals surface area contributed by atoms with Crippen LogP contribution in [0.15, 0.2) is 24.3 Å². The summed E-state index contributed by atoms with van der Waals surface area (Å²) in [4.78, 5) is 26.7. The molecule has 26 heavy (non-hydrogen) atoms. The highest BCUT2D eigenvalue weighted by molar-refractivity contribution is 5.79. The SMILES string of the molecule is CN1CC[C@]2(CCC1=O)C[C@H](NC(=O)C1CCCC1)c1ccccc1O2. The molecule has 5 nitrogen and oxygen atoms in total. The largest absolute Gasteiger partial charge is 0.487 e. The standard InChI is InChI=1S/C21H28N2O3/c1-23-13-12-21(11-10-19(23)24)14-17(16-8-4-5-9-18(16)26-21)22-20(25)15-6-2-3-7-15/h4-5,8-9,15,17H,2-3,6-7,10-14H2,1H3,(H,22,25)/t17-,21+/m0/s1. The molecule has 2 fully saturated rings. The maximum absolute atomic E-state index is 12.8. The van der Waals surface area contributed by atoms with Crippen molar-refractivity contribution in [2.24, 2.45) is 5.92 Å². The van der Waals surface area contributed by atoms with Gasteiger partial charge in [0.1, 0.15) is 11.4 Å². The number of fused-ring (bicyclic) bond motifs is 1. The molecular formula is C21H28N2O3. The summed E-state index contributed by atoms with van der Waals surface area (Å²) in [5.74, 6) is 1.37. The zero-order chi connectivity index (χ0) is 18.1. The number of amides is 2. The van der Waals surface area contributed by atoms with E-state index in [4.69, 9.17) is 4.74 Å². The molecule has 0 aromatic heterocycles. The Kier molecular flexibility index (Phi) is 4.63. The van der Waals surface area contributed by atoms with Gasteiger partial charge in [-0.25, -0.2) is 0 Å². The van der Waals surface area contributed by atoms with Crippen molar-refractivity contribution in [3.05, 3.63) is 29.8 Å². The quantitative estimate of drug-likeness (QED) is 0.885. The van der Waals surface area contributed by atoms with Crippen molar-refractivity contribution < 1.29 is 14.3 Å². The second-order valence-electron chi connectivity index (χ2n) is 8.13. The highest BCUT2D eigenvalue weighted by atomic mass is 16.5. The number of rotatable bonds is 2. The minimum atomic E-state index is -0.373. The van der Waals surface area contributed by atoms with Crippen LogP contribution >= 0.6 is 0 Å². The molecule has 1 spiro atoms. The van der Waals surface area contributed by atoms with Crippen LogP contribution in [0, 0.1) is 5.92 Å². The van der Waals surface area contributed by atoms with Crippen LogP contribution in [0.4, 0.5) is 0 Å². The van der Waals surface area contributed by atoms with Crippen molar-refractivity contribution in [2.75, 3.05) is 13.6 Å². The first kappa shape index (κ1) is 17.4. The monoisotopic (exact) mass is 356 g/mol. The second-order valence-corrected chi connectivity index (χ2v) is 8.13. The van der Waals surface area contributed by atoms with Gasteiger partial charge in [-0.1, -0.05) is 31.0 Å².